The van der Waals surface area contributed by atoms with Gasteiger partial charge in [-0.05, 0) is 37.3 Å². The molecule has 0 aliphatic carbocycles. The molecule has 0 unspecified atom stereocenters. The lowest BCUT2D eigenvalue weighted by atomic mass is 10.2. The second kappa shape index (κ2) is 9.56. The minimum absolute atomic E-state index is 0.00856. The van der Waals surface area contributed by atoms with Crippen LogP contribution < -0.4 is 15.5 Å². The molecule has 1 heterocycles. The summed E-state index contributed by atoms with van der Waals surface area (Å²) in [5.41, 5.74) is 0.0947. The van der Waals surface area contributed by atoms with E-state index in [2.05, 4.69) is 24.5 Å². The lowest BCUT2D eigenvalue weighted by Crippen LogP contribution is -2.30. The van der Waals surface area contributed by atoms with Gasteiger partial charge >= 0.3 is 6.03 Å². The summed E-state index contributed by atoms with van der Waals surface area (Å²) >= 11 is 0. The van der Waals surface area contributed by atoms with E-state index in [4.69, 9.17) is 4.74 Å². The highest BCUT2D eigenvalue weighted by Gasteiger charge is 2.21. The third-order valence-electron chi connectivity index (χ3n) is 3.90. The van der Waals surface area contributed by atoms with E-state index in [1.807, 2.05) is 0 Å². The Bertz CT molecular complexity index is 552. The summed E-state index contributed by atoms with van der Waals surface area (Å²) in [5.74, 6) is -0.830. The maximum Gasteiger partial charge on any atom is 0.319 e. The molecular weight excluding hydrogens is 328 g/mol. The van der Waals surface area contributed by atoms with Crippen LogP contribution in [0.25, 0.3) is 0 Å². The number of nitrogens with zero attached hydrogens (tertiary/aromatic N) is 1. The van der Waals surface area contributed by atoms with Gasteiger partial charge in [-0.25, -0.2) is 13.6 Å². The lowest BCUT2D eigenvalue weighted by molar-refractivity contribution is 0.108. The predicted octanol–water partition coefficient (Wildman–Crippen LogP) is 3.75. The van der Waals surface area contributed by atoms with Gasteiger partial charge in [-0.15, -0.1) is 0 Å². The Labute approximate surface area is 147 Å². The Hall–Kier alpha value is -1.89. The highest BCUT2D eigenvalue weighted by Crippen LogP contribution is 2.29. The van der Waals surface area contributed by atoms with E-state index in [0.29, 0.717) is 45.2 Å². The first-order valence-corrected chi connectivity index (χ1v) is 8.84. The summed E-state index contributed by atoms with van der Waals surface area (Å²) in [5, 5.41) is 5.10. The topological polar surface area (TPSA) is 53.6 Å². The van der Waals surface area contributed by atoms with Gasteiger partial charge in [-0.3, -0.25) is 0 Å². The highest BCUT2D eigenvalue weighted by atomic mass is 19.1. The fraction of sp³-hybridized carbons (Fsp3) is 0.611. The molecule has 0 aromatic heterocycles. The summed E-state index contributed by atoms with van der Waals surface area (Å²) in [4.78, 5) is 13.5. The van der Waals surface area contributed by atoms with Crippen LogP contribution in [0.4, 0.5) is 25.0 Å². The van der Waals surface area contributed by atoms with Crippen molar-refractivity contribution in [3.8, 4) is 0 Å². The Morgan fingerprint density at radius 1 is 1.24 bits per heavy atom. The van der Waals surface area contributed by atoms with Crippen LogP contribution in [-0.2, 0) is 4.74 Å². The number of anilines is 2. The van der Waals surface area contributed by atoms with E-state index in [1.54, 1.807) is 4.90 Å². The molecule has 2 N–H and O–H groups in total. The monoisotopic (exact) mass is 355 g/mol. The van der Waals surface area contributed by atoms with Crippen molar-refractivity contribution in [2.75, 3.05) is 43.1 Å². The average Bonchev–Trinajstić information content (AvgIpc) is 3.03. The van der Waals surface area contributed by atoms with Gasteiger partial charge in [0.2, 0.25) is 0 Å². The van der Waals surface area contributed by atoms with Crippen LogP contribution in [0.2, 0.25) is 0 Å². The zero-order valence-electron chi connectivity index (χ0n) is 14.9. The molecule has 2 rings (SSSR count). The zero-order valence-corrected chi connectivity index (χ0v) is 14.9. The van der Waals surface area contributed by atoms with Gasteiger partial charge < -0.3 is 20.3 Å². The van der Waals surface area contributed by atoms with Crippen LogP contribution >= 0.6 is 0 Å². The van der Waals surface area contributed by atoms with Crippen LogP contribution in [-0.4, -0.2) is 38.9 Å². The highest BCUT2D eigenvalue weighted by molar-refractivity contribution is 5.89. The quantitative estimate of drug-likeness (QED) is 0.699. The smallest absolute Gasteiger partial charge is 0.319 e. The van der Waals surface area contributed by atoms with Crippen molar-refractivity contribution in [2.45, 2.75) is 33.1 Å². The molecule has 1 aromatic rings. The number of hydrogen-bond donors (Lipinski definition) is 2. The first kappa shape index (κ1) is 19.4. The molecule has 1 aliphatic rings. The molecular formula is C18H27F2N3O2. The number of ether oxygens (including phenoxy) is 1. The van der Waals surface area contributed by atoms with Gasteiger partial charge in [-0.2, -0.15) is 0 Å². The van der Waals surface area contributed by atoms with Gasteiger partial charge in [0.15, 0.2) is 11.6 Å². The van der Waals surface area contributed by atoms with Crippen molar-refractivity contribution in [2.24, 2.45) is 5.92 Å². The van der Waals surface area contributed by atoms with Crippen molar-refractivity contribution in [1.82, 2.24) is 5.32 Å². The van der Waals surface area contributed by atoms with Crippen LogP contribution in [0.3, 0.4) is 0 Å². The summed E-state index contributed by atoms with van der Waals surface area (Å²) in [7, 11) is 0. The first-order valence-electron chi connectivity index (χ1n) is 8.84. The van der Waals surface area contributed by atoms with Crippen LogP contribution in [0.5, 0.6) is 0 Å². The fourth-order valence-corrected chi connectivity index (χ4v) is 2.75. The van der Waals surface area contributed by atoms with Gasteiger partial charge in [0, 0.05) is 38.5 Å². The molecule has 0 atom stereocenters. The maximum absolute atomic E-state index is 14.2. The van der Waals surface area contributed by atoms with Crippen molar-refractivity contribution < 1.29 is 18.3 Å². The van der Waals surface area contributed by atoms with Crippen LogP contribution in [0.1, 0.15) is 33.1 Å². The van der Waals surface area contributed by atoms with Gasteiger partial charge in [-0.1, -0.05) is 13.8 Å². The summed E-state index contributed by atoms with van der Waals surface area (Å²) in [6, 6.07) is 1.82. The van der Waals surface area contributed by atoms with Crippen molar-refractivity contribution in [3.63, 3.8) is 0 Å². The molecule has 0 bridgehead atoms. The lowest BCUT2D eigenvalue weighted by Gasteiger charge is -2.20. The van der Waals surface area contributed by atoms with E-state index in [1.165, 1.54) is 0 Å². The molecule has 0 spiro atoms. The third kappa shape index (κ3) is 6.16. The molecule has 25 heavy (non-hydrogen) atoms. The van der Waals surface area contributed by atoms with Crippen LogP contribution in [0, 0.1) is 17.6 Å². The third-order valence-corrected chi connectivity index (χ3v) is 3.90. The Morgan fingerprint density at radius 2 is 1.88 bits per heavy atom. The SMILES string of the molecule is CC(C)COCCCNC(=O)Nc1cc(F)c(N2CCCC2)c(F)c1. The second-order valence-corrected chi connectivity index (χ2v) is 6.69. The van der Waals surface area contributed by atoms with Gasteiger partial charge in [0.05, 0.1) is 0 Å². The number of urea groups is 1. The molecule has 7 heteroatoms. The Morgan fingerprint density at radius 3 is 2.48 bits per heavy atom. The maximum atomic E-state index is 14.2. The molecule has 0 saturated carbocycles. The number of amides is 2. The predicted molar refractivity (Wildman–Crippen MR) is 95.1 cm³/mol. The Balaban J connectivity index is 1.79. The minimum Gasteiger partial charge on any atom is -0.381 e. The van der Waals surface area contributed by atoms with Crippen molar-refractivity contribution in [3.05, 3.63) is 23.8 Å². The minimum atomic E-state index is -0.653. The van der Waals surface area contributed by atoms with E-state index in [0.717, 1.165) is 25.0 Å². The summed E-state index contributed by atoms with van der Waals surface area (Å²) in [6.07, 6.45) is 2.54. The molecule has 140 valence electrons. The molecule has 2 amide bonds. The van der Waals surface area contributed by atoms with E-state index in [9.17, 15) is 13.6 Å². The van der Waals surface area contributed by atoms with Crippen LogP contribution in [0.15, 0.2) is 12.1 Å². The standard InChI is InChI=1S/C18H27F2N3O2/c1-13(2)12-25-9-5-6-21-18(24)22-14-10-15(19)17(16(20)11-14)23-7-3-4-8-23/h10-11,13H,3-9,12H2,1-2H3,(H2,21,22,24). The largest absolute Gasteiger partial charge is 0.381 e. The van der Waals surface area contributed by atoms with E-state index >= 15 is 0 Å². The first-order chi connectivity index (χ1) is 12.0. The summed E-state index contributed by atoms with van der Waals surface area (Å²) < 4.78 is 33.8. The molecule has 5 nitrogen and oxygen atoms in total. The fourth-order valence-electron chi connectivity index (χ4n) is 2.75. The molecule has 1 aromatic carbocycles. The molecule has 1 saturated heterocycles. The molecule has 1 fully saturated rings. The van der Waals surface area contributed by atoms with Gasteiger partial charge in [0.1, 0.15) is 5.69 Å². The second-order valence-electron chi connectivity index (χ2n) is 6.69. The number of carbonyl (C=O) groups excluding carboxylic acids is 1. The normalized spacial score (nSPS) is 14.2. The van der Waals surface area contributed by atoms with E-state index in [-0.39, 0.29) is 11.4 Å². The Kier molecular flexibility index (Phi) is 7.43. The van der Waals surface area contributed by atoms with Crippen molar-refractivity contribution >= 4 is 17.4 Å². The number of carbonyl (C=O) groups is 1. The number of rotatable bonds is 8. The van der Waals surface area contributed by atoms with Crippen molar-refractivity contribution in [1.29, 1.82) is 0 Å². The van der Waals surface area contributed by atoms with E-state index < -0.39 is 17.7 Å². The number of hydrogen-bond acceptors (Lipinski definition) is 3. The summed E-state index contributed by atoms with van der Waals surface area (Å²) in [6.45, 7) is 7.12. The number of benzene rings is 1. The number of nitrogens with one attached hydrogen (secondary N) is 2. The van der Waals surface area contributed by atoms with Gasteiger partial charge in [0.25, 0.3) is 0 Å². The molecule has 0 radical (unpaired) electrons. The molecule has 1 aliphatic heterocycles. The average molecular weight is 355 g/mol. The number of halogens is 2. The zero-order chi connectivity index (χ0) is 18.2.